The van der Waals surface area contributed by atoms with Gasteiger partial charge in [0.05, 0.1) is 16.3 Å². The van der Waals surface area contributed by atoms with Crippen molar-refractivity contribution in [2.75, 3.05) is 5.32 Å². The van der Waals surface area contributed by atoms with Gasteiger partial charge in [0.1, 0.15) is 0 Å². The molecule has 2 aromatic carbocycles. The average Bonchev–Trinajstić information content (AvgIpc) is 2.91. The van der Waals surface area contributed by atoms with Gasteiger partial charge in [0.2, 0.25) is 0 Å². The number of thiazole rings is 1. The highest BCUT2D eigenvalue weighted by atomic mass is 35.5. The normalized spacial score (nSPS) is 10.6. The molecule has 0 unspecified atom stereocenters. The molecule has 3 aromatic rings. The van der Waals surface area contributed by atoms with Gasteiger partial charge in [-0.05, 0) is 25.1 Å². The molecule has 1 N–H and O–H groups in total. The van der Waals surface area contributed by atoms with Gasteiger partial charge in [0.25, 0.3) is 5.91 Å². The van der Waals surface area contributed by atoms with Crippen LogP contribution in [0, 0.1) is 6.92 Å². The summed E-state index contributed by atoms with van der Waals surface area (Å²) in [4.78, 5) is 17.9. The Labute approximate surface area is 147 Å². The smallest absolute Gasteiger partial charge is 0.259 e. The van der Waals surface area contributed by atoms with E-state index in [1.165, 1.54) is 17.4 Å². The number of halogens is 2. The van der Waals surface area contributed by atoms with Crippen LogP contribution in [0.3, 0.4) is 0 Å². The molecule has 1 amide bonds. The summed E-state index contributed by atoms with van der Waals surface area (Å²) in [5, 5.41) is 4.12. The Morgan fingerprint density at radius 2 is 1.87 bits per heavy atom. The third-order valence-corrected chi connectivity index (χ3v) is 4.69. The van der Waals surface area contributed by atoms with Crippen molar-refractivity contribution in [2.45, 2.75) is 6.92 Å². The molecule has 3 nitrogen and oxygen atoms in total. The van der Waals surface area contributed by atoms with E-state index in [0.29, 0.717) is 20.7 Å². The zero-order valence-corrected chi connectivity index (χ0v) is 14.5. The number of carbonyl (C=O) groups is 1. The number of rotatable bonds is 3. The first-order valence-electron chi connectivity index (χ1n) is 6.84. The zero-order valence-electron chi connectivity index (χ0n) is 12.1. The molecule has 0 spiro atoms. The average molecular weight is 363 g/mol. The minimum absolute atomic E-state index is 0.327. The number of nitrogens with one attached hydrogen (secondary N) is 1. The fourth-order valence-corrected chi connectivity index (χ4v) is 3.36. The van der Waals surface area contributed by atoms with Crippen molar-refractivity contribution in [2.24, 2.45) is 0 Å². The van der Waals surface area contributed by atoms with Gasteiger partial charge in [-0.2, -0.15) is 0 Å². The summed E-state index contributed by atoms with van der Waals surface area (Å²) < 4.78 is 0. The van der Waals surface area contributed by atoms with Crippen molar-refractivity contribution in [1.82, 2.24) is 4.98 Å². The van der Waals surface area contributed by atoms with Crippen LogP contribution in [-0.2, 0) is 0 Å². The SMILES string of the molecule is Cc1sc(NC(=O)c2cc(Cl)ccc2Cl)nc1-c1ccccc1. The minimum Gasteiger partial charge on any atom is -0.298 e. The number of anilines is 1. The van der Waals surface area contributed by atoms with Gasteiger partial charge in [0.15, 0.2) is 5.13 Å². The van der Waals surface area contributed by atoms with Crippen LogP contribution in [0.5, 0.6) is 0 Å². The lowest BCUT2D eigenvalue weighted by Crippen LogP contribution is -2.12. The molecule has 6 heteroatoms. The summed E-state index contributed by atoms with van der Waals surface area (Å²) in [5.74, 6) is -0.328. The van der Waals surface area contributed by atoms with Gasteiger partial charge in [-0.25, -0.2) is 4.98 Å². The highest BCUT2D eigenvalue weighted by Gasteiger charge is 2.15. The van der Waals surface area contributed by atoms with Gasteiger partial charge in [-0.3, -0.25) is 10.1 Å². The van der Waals surface area contributed by atoms with Gasteiger partial charge in [0, 0.05) is 15.5 Å². The number of aryl methyl sites for hydroxylation is 1. The fourth-order valence-electron chi connectivity index (χ4n) is 2.15. The number of carbonyl (C=O) groups excluding carboxylic acids is 1. The lowest BCUT2D eigenvalue weighted by Gasteiger charge is -2.04. The Kier molecular flexibility index (Phi) is 4.66. The van der Waals surface area contributed by atoms with Crippen LogP contribution in [-0.4, -0.2) is 10.9 Å². The first kappa shape index (κ1) is 16.0. The van der Waals surface area contributed by atoms with E-state index in [1.807, 2.05) is 37.3 Å². The molecule has 1 heterocycles. The van der Waals surface area contributed by atoms with Crippen LogP contribution in [0.2, 0.25) is 10.0 Å². The molecular weight excluding hydrogens is 351 g/mol. The third-order valence-electron chi connectivity index (χ3n) is 3.24. The molecule has 0 aliphatic carbocycles. The number of benzene rings is 2. The van der Waals surface area contributed by atoms with Crippen LogP contribution in [0.15, 0.2) is 48.5 Å². The Morgan fingerprint density at radius 1 is 1.13 bits per heavy atom. The molecule has 116 valence electrons. The Balaban J connectivity index is 1.87. The van der Waals surface area contributed by atoms with E-state index < -0.39 is 0 Å². The number of aromatic nitrogens is 1. The quantitative estimate of drug-likeness (QED) is 0.651. The van der Waals surface area contributed by atoms with Crippen LogP contribution in [0.1, 0.15) is 15.2 Å². The van der Waals surface area contributed by atoms with E-state index in [1.54, 1.807) is 12.1 Å². The van der Waals surface area contributed by atoms with Crippen molar-refractivity contribution in [3.05, 3.63) is 69.0 Å². The second-order valence-corrected chi connectivity index (χ2v) is 6.91. The maximum absolute atomic E-state index is 12.4. The molecule has 0 aliphatic heterocycles. The molecule has 0 atom stereocenters. The molecule has 0 saturated carbocycles. The first-order valence-corrected chi connectivity index (χ1v) is 8.41. The summed E-state index contributed by atoms with van der Waals surface area (Å²) in [5.41, 5.74) is 2.21. The van der Waals surface area contributed by atoms with E-state index in [0.717, 1.165) is 16.1 Å². The second-order valence-electron chi connectivity index (χ2n) is 4.87. The highest BCUT2D eigenvalue weighted by molar-refractivity contribution is 7.16. The van der Waals surface area contributed by atoms with Gasteiger partial charge in [-0.15, -0.1) is 11.3 Å². The molecule has 0 saturated heterocycles. The largest absolute Gasteiger partial charge is 0.298 e. The summed E-state index contributed by atoms with van der Waals surface area (Å²) >= 11 is 13.4. The predicted octanol–water partition coefficient (Wildman–Crippen LogP) is 5.68. The predicted molar refractivity (Wildman–Crippen MR) is 96.7 cm³/mol. The van der Waals surface area contributed by atoms with Crippen LogP contribution in [0.25, 0.3) is 11.3 Å². The Hall–Kier alpha value is -1.88. The maximum atomic E-state index is 12.4. The molecule has 0 fully saturated rings. The van der Waals surface area contributed by atoms with Gasteiger partial charge >= 0.3 is 0 Å². The molecule has 1 aromatic heterocycles. The van der Waals surface area contributed by atoms with Crippen LogP contribution >= 0.6 is 34.5 Å². The summed E-state index contributed by atoms with van der Waals surface area (Å²) in [6.45, 7) is 1.97. The lowest BCUT2D eigenvalue weighted by atomic mass is 10.1. The van der Waals surface area contributed by atoms with Crippen molar-refractivity contribution in [1.29, 1.82) is 0 Å². The number of amides is 1. The van der Waals surface area contributed by atoms with Gasteiger partial charge in [-0.1, -0.05) is 53.5 Å². The summed E-state index contributed by atoms with van der Waals surface area (Å²) in [6.07, 6.45) is 0. The van der Waals surface area contributed by atoms with E-state index in [2.05, 4.69) is 10.3 Å². The Bertz CT molecular complexity index is 862. The Morgan fingerprint density at radius 3 is 2.61 bits per heavy atom. The standard InChI is InChI=1S/C17H12Cl2N2OS/c1-10-15(11-5-3-2-4-6-11)20-17(23-10)21-16(22)13-9-12(18)7-8-14(13)19/h2-9H,1H3,(H,20,21,22). The highest BCUT2D eigenvalue weighted by Crippen LogP contribution is 2.31. The van der Waals surface area contributed by atoms with Crippen molar-refractivity contribution in [3.63, 3.8) is 0 Å². The van der Waals surface area contributed by atoms with Crippen molar-refractivity contribution >= 4 is 45.6 Å². The molecular formula is C17H12Cl2N2OS. The van der Waals surface area contributed by atoms with E-state index in [4.69, 9.17) is 23.2 Å². The molecule has 3 rings (SSSR count). The molecule has 0 bridgehead atoms. The molecule has 23 heavy (non-hydrogen) atoms. The van der Waals surface area contributed by atoms with Crippen molar-refractivity contribution in [3.8, 4) is 11.3 Å². The number of hydrogen-bond acceptors (Lipinski definition) is 3. The van der Waals surface area contributed by atoms with Gasteiger partial charge < -0.3 is 0 Å². The van der Waals surface area contributed by atoms with E-state index >= 15 is 0 Å². The molecule has 0 radical (unpaired) electrons. The summed E-state index contributed by atoms with van der Waals surface area (Å²) in [7, 11) is 0. The topological polar surface area (TPSA) is 42.0 Å². The number of hydrogen-bond donors (Lipinski definition) is 1. The third kappa shape index (κ3) is 3.55. The van der Waals surface area contributed by atoms with E-state index in [-0.39, 0.29) is 5.91 Å². The maximum Gasteiger partial charge on any atom is 0.259 e. The van der Waals surface area contributed by atoms with Crippen LogP contribution < -0.4 is 5.32 Å². The van der Waals surface area contributed by atoms with E-state index in [9.17, 15) is 4.79 Å². The van der Waals surface area contributed by atoms with Crippen LogP contribution in [0.4, 0.5) is 5.13 Å². The monoisotopic (exact) mass is 362 g/mol. The number of nitrogens with zero attached hydrogens (tertiary/aromatic N) is 1. The second kappa shape index (κ2) is 6.71. The minimum atomic E-state index is -0.328. The molecule has 0 aliphatic rings. The van der Waals surface area contributed by atoms with Crippen molar-refractivity contribution < 1.29 is 4.79 Å². The zero-order chi connectivity index (χ0) is 16.4. The fraction of sp³-hybridized carbons (Fsp3) is 0.0588. The lowest BCUT2D eigenvalue weighted by molar-refractivity contribution is 0.102. The first-order chi connectivity index (χ1) is 11.0. The summed E-state index contributed by atoms with van der Waals surface area (Å²) in [6, 6.07) is 14.6.